The van der Waals surface area contributed by atoms with Gasteiger partial charge < -0.3 is 5.11 Å². The van der Waals surface area contributed by atoms with Gasteiger partial charge in [0.25, 0.3) is 0 Å². The zero-order valence-electron chi connectivity index (χ0n) is 51.9. The second-order valence-electron chi connectivity index (χ2n) is 18.1. The van der Waals surface area contributed by atoms with Gasteiger partial charge in [-0.25, -0.2) is 4.98 Å². The molecule has 0 bridgehead atoms. The van der Waals surface area contributed by atoms with E-state index in [4.69, 9.17) is 22.8 Å². The van der Waals surface area contributed by atoms with Gasteiger partial charge in [-0.2, -0.15) is 0 Å². The van der Waals surface area contributed by atoms with Crippen LogP contribution in [0.1, 0.15) is 152 Å². The maximum absolute atomic E-state index is 12.3. The molecule has 0 aliphatic heterocycles. The van der Waals surface area contributed by atoms with Crippen LogP contribution in [0.15, 0.2) is 133 Å². The normalized spacial score (nSPS) is 16.2. The monoisotopic (exact) mass is 844 g/mol. The van der Waals surface area contributed by atoms with Crippen LogP contribution in [0.2, 0.25) is 0 Å². The molecule has 6 aromatic carbocycles. The molecule has 320 valence electrons. The minimum atomic E-state index is -2.99. The van der Waals surface area contributed by atoms with Crippen molar-refractivity contribution in [3.63, 3.8) is 0 Å². The summed E-state index contributed by atoms with van der Waals surface area (Å²) in [6.07, 6.45) is -0.610. The molecule has 0 aliphatic carbocycles. The van der Waals surface area contributed by atoms with Crippen LogP contribution < -0.4 is 0 Å². The number of aromatic hydroxyl groups is 1. The molecule has 8 aromatic rings. The summed E-state index contributed by atoms with van der Waals surface area (Å²) in [4.78, 5) is 9.80. The van der Waals surface area contributed by atoms with Gasteiger partial charge in [0.15, 0.2) is 0 Å². The van der Waals surface area contributed by atoms with E-state index in [1.165, 1.54) is 0 Å². The molecule has 0 atom stereocenters. The van der Waals surface area contributed by atoms with Crippen molar-refractivity contribution >= 4 is 11.0 Å². The van der Waals surface area contributed by atoms with Crippen molar-refractivity contribution in [2.45, 2.75) is 112 Å². The van der Waals surface area contributed by atoms with E-state index in [0.717, 1.165) is 27.8 Å². The molecule has 0 saturated carbocycles. The second-order valence-corrected chi connectivity index (χ2v) is 18.1. The fourth-order valence-electron chi connectivity index (χ4n) is 8.09. The molecule has 0 spiro atoms. The Bertz CT molecular complexity index is 3610. The topological polar surface area (TPSA) is 50.9 Å². The quantitative estimate of drug-likeness (QED) is 0.149. The minimum absolute atomic E-state index is 0.0961. The molecule has 0 saturated heterocycles. The number of benzene rings is 6. The minimum Gasteiger partial charge on any atom is -0.507 e. The highest BCUT2D eigenvalue weighted by molar-refractivity contribution is 5.97. The van der Waals surface area contributed by atoms with Crippen LogP contribution in [0.4, 0.5) is 0 Å². The summed E-state index contributed by atoms with van der Waals surface area (Å²) in [7, 11) is 0. The van der Waals surface area contributed by atoms with Gasteiger partial charge in [-0.1, -0.05) is 160 Å². The zero-order valence-corrected chi connectivity index (χ0v) is 37.9. The van der Waals surface area contributed by atoms with Crippen LogP contribution >= 0.6 is 0 Å². The first kappa shape index (κ1) is 29.2. The summed E-state index contributed by atoms with van der Waals surface area (Å²) in [5, 5.41) is 12.3. The predicted octanol–water partition coefficient (Wildman–Crippen LogP) is 16.6. The van der Waals surface area contributed by atoms with Gasteiger partial charge in [-0.15, -0.1) is 0 Å². The van der Waals surface area contributed by atoms with E-state index < -0.39 is 95.0 Å². The maximum atomic E-state index is 12.3. The van der Waals surface area contributed by atoms with Crippen LogP contribution in [0.5, 0.6) is 5.75 Å². The Kier molecular flexibility index (Phi) is 7.93. The first-order valence-corrected chi connectivity index (χ1v) is 21.2. The lowest BCUT2D eigenvalue weighted by Crippen LogP contribution is -2.11. The molecule has 0 amide bonds. The molecule has 1 N–H and O–H groups in total. The number of hydrogen-bond acceptors (Lipinski definition) is 3. The summed E-state index contributed by atoms with van der Waals surface area (Å²) in [6, 6.07) is 23.8. The van der Waals surface area contributed by atoms with Gasteiger partial charge in [0, 0.05) is 32.6 Å². The number of hydrogen-bond donors (Lipinski definition) is 1. The summed E-state index contributed by atoms with van der Waals surface area (Å²) in [6.45, 7) is 17.1. The standard InChI is InChI=1S/C59H63N3O/c1-35(2)43-32-51(38(7)8)57(63)52(33-43)58-61-56-50(44-29-45(31-46(30-44)59(10,11)12)53-34-42(27-28-60-53)40-21-19-39(9)20-22-40)17-14-18-54(56)62(58)47-25-23-41(24-26-47)55-48(36(3)4)15-13-16-49(55)37(5)6/h13-38,63H,1-12H3/i9D3,19D,20D,21D,22D,27D,28D,34D,35D,36D,37D,38D. The van der Waals surface area contributed by atoms with Gasteiger partial charge >= 0.3 is 0 Å². The SMILES string of the molecule is [2H]c1nc(-c2cc(-c3cccc4c3nc(-c3cc(C([2H])(C)C)cc(C([2H])(C)C)c3O)n4-c3ccc(-c4c(C([2H])(C)C)cccc4C([2H])(C)C)cc3)cc(C(C)(C)C)c2)c([2H])c(-c2c([2H])c([2H])c(C([2H])([2H])[2H])c([2H])c2[2H])c1[2H]. The molecular formula is C59H63N3O. The van der Waals surface area contributed by atoms with Gasteiger partial charge in [0.05, 0.1) is 31.9 Å². The van der Waals surface area contributed by atoms with Crippen LogP contribution in [0, 0.1) is 6.85 Å². The largest absolute Gasteiger partial charge is 0.507 e. The number of rotatable bonds is 10. The summed E-state index contributed by atoms with van der Waals surface area (Å²) < 4.78 is 125. The lowest BCUT2D eigenvalue weighted by atomic mass is 9.83. The molecule has 0 aliphatic rings. The zero-order chi connectivity index (χ0) is 57.2. The average Bonchev–Trinajstić information content (AvgIpc) is 3.73. The van der Waals surface area contributed by atoms with E-state index in [1.54, 1.807) is 52.0 Å². The Morgan fingerprint density at radius 1 is 0.635 bits per heavy atom. The fraction of sp³-hybridized carbons (Fsp3) is 0.288. The Morgan fingerprint density at radius 2 is 1.29 bits per heavy atom. The molecule has 0 unspecified atom stereocenters. The maximum Gasteiger partial charge on any atom is 0.149 e. The lowest BCUT2D eigenvalue weighted by molar-refractivity contribution is 0.466. The Labute approximate surface area is 395 Å². The smallest absolute Gasteiger partial charge is 0.149 e. The number of para-hydroxylation sites is 1. The molecule has 8 rings (SSSR count). The molecule has 0 radical (unpaired) electrons. The van der Waals surface area contributed by atoms with Crippen LogP contribution in [0.3, 0.4) is 0 Å². The van der Waals surface area contributed by atoms with Crippen molar-refractivity contribution in [1.82, 2.24) is 14.5 Å². The van der Waals surface area contributed by atoms with Crippen LogP contribution in [-0.2, 0) is 5.41 Å². The number of aromatic nitrogens is 3. The third-order valence-corrected chi connectivity index (χ3v) is 11.6. The van der Waals surface area contributed by atoms with Crippen molar-refractivity contribution in [2.24, 2.45) is 0 Å². The number of nitrogens with zero attached hydrogens (tertiary/aromatic N) is 3. The highest BCUT2D eigenvalue weighted by Gasteiger charge is 2.25. The number of phenols is 1. The van der Waals surface area contributed by atoms with Crippen molar-refractivity contribution < 1.29 is 24.3 Å². The number of pyridine rings is 1. The van der Waals surface area contributed by atoms with E-state index in [2.05, 4.69) is 4.98 Å². The van der Waals surface area contributed by atoms with E-state index in [9.17, 15) is 6.48 Å². The summed E-state index contributed by atoms with van der Waals surface area (Å²) in [5.74, 6) is -4.32. The first-order chi connectivity index (χ1) is 35.3. The average molecular weight is 844 g/mol. The third kappa shape index (κ3) is 8.48. The number of imidazole rings is 1. The second kappa shape index (κ2) is 17.1. The van der Waals surface area contributed by atoms with Crippen molar-refractivity contribution in [3.8, 4) is 67.5 Å². The van der Waals surface area contributed by atoms with Crippen molar-refractivity contribution in [3.05, 3.63) is 167 Å². The van der Waals surface area contributed by atoms with E-state index in [1.807, 2.05) is 120 Å². The lowest BCUT2D eigenvalue weighted by Gasteiger charge is -2.22. The molecular weight excluding hydrogens is 767 g/mol. The predicted molar refractivity (Wildman–Crippen MR) is 268 cm³/mol. The van der Waals surface area contributed by atoms with Crippen LogP contribution in [0.25, 0.3) is 72.7 Å². The van der Waals surface area contributed by atoms with E-state index in [0.29, 0.717) is 50.4 Å². The highest BCUT2D eigenvalue weighted by Crippen LogP contribution is 2.44. The Balaban J connectivity index is 1.44. The van der Waals surface area contributed by atoms with E-state index in [-0.39, 0.29) is 17.0 Å². The molecule has 2 heterocycles. The van der Waals surface area contributed by atoms with Gasteiger partial charge in [0.2, 0.25) is 0 Å². The van der Waals surface area contributed by atoms with Gasteiger partial charge in [-0.3, -0.25) is 9.55 Å². The van der Waals surface area contributed by atoms with Crippen LogP contribution in [-0.4, -0.2) is 19.6 Å². The number of fused-ring (bicyclic) bond motifs is 1. The van der Waals surface area contributed by atoms with Gasteiger partial charge in [0.1, 0.15) is 11.6 Å². The summed E-state index contributed by atoms with van der Waals surface area (Å²) in [5.41, 5.74) is 5.91. The van der Waals surface area contributed by atoms with Gasteiger partial charge in [-0.05, 0) is 140 Å². The Hall–Kier alpha value is -6.26. The molecule has 63 heavy (non-hydrogen) atoms. The molecule has 4 nitrogen and oxygen atoms in total. The van der Waals surface area contributed by atoms with Crippen molar-refractivity contribution in [1.29, 1.82) is 0 Å². The molecule has 4 heteroatoms. The molecule has 2 aromatic heterocycles. The first-order valence-electron chi connectivity index (χ1n) is 28.2. The molecule has 0 fully saturated rings. The number of phenolic OH excluding ortho intramolecular Hbond substituents is 1. The highest BCUT2D eigenvalue weighted by atomic mass is 16.3. The third-order valence-electron chi connectivity index (χ3n) is 11.6. The van der Waals surface area contributed by atoms with E-state index >= 15 is 0 Å². The fourth-order valence-corrected chi connectivity index (χ4v) is 8.09. The van der Waals surface area contributed by atoms with Crippen molar-refractivity contribution in [2.75, 3.05) is 0 Å². The summed E-state index contributed by atoms with van der Waals surface area (Å²) >= 11 is 0. The Morgan fingerprint density at radius 3 is 1.90 bits per heavy atom.